The molecule has 0 heteroatoms. The Labute approximate surface area is 206 Å². The third-order valence-corrected chi connectivity index (χ3v) is 8.30. The summed E-state index contributed by atoms with van der Waals surface area (Å²) in [4.78, 5) is 0. The molecule has 1 aliphatic carbocycles. The summed E-state index contributed by atoms with van der Waals surface area (Å²) in [6, 6.07) is 25.4. The van der Waals surface area contributed by atoms with Gasteiger partial charge in [-0.2, -0.15) is 0 Å². The predicted molar refractivity (Wildman–Crippen MR) is 151 cm³/mol. The van der Waals surface area contributed by atoms with Crippen LogP contribution in [0.25, 0.3) is 32.3 Å². The normalized spacial score (nSPS) is 18.5. The van der Waals surface area contributed by atoms with E-state index in [-0.39, 0.29) is 0 Å². The van der Waals surface area contributed by atoms with E-state index in [1.54, 1.807) is 5.56 Å². The van der Waals surface area contributed by atoms with Gasteiger partial charge in [0.25, 0.3) is 0 Å². The van der Waals surface area contributed by atoms with Crippen LogP contribution in [0.1, 0.15) is 108 Å². The SMILES string of the molecule is c1ccc2cc3c(ccc4cccc(C5CCCCCCCCCCCCCCC5)c43)cc2c1. The van der Waals surface area contributed by atoms with Crippen LogP contribution in [0.5, 0.6) is 0 Å². The Balaban J connectivity index is 1.47. The number of hydrogen-bond donors (Lipinski definition) is 0. The first-order valence-electron chi connectivity index (χ1n) is 14.2. The van der Waals surface area contributed by atoms with Crippen LogP contribution >= 0.6 is 0 Å². The third kappa shape index (κ3) is 5.65. The van der Waals surface area contributed by atoms with Crippen LogP contribution in [0.2, 0.25) is 0 Å². The largest absolute Gasteiger partial charge is 0.0616 e. The molecule has 0 unspecified atom stereocenters. The van der Waals surface area contributed by atoms with E-state index < -0.39 is 0 Å². The molecule has 1 fully saturated rings. The molecule has 0 atom stereocenters. The first-order chi connectivity index (χ1) is 16.9. The van der Waals surface area contributed by atoms with Crippen molar-refractivity contribution < 1.29 is 0 Å². The summed E-state index contributed by atoms with van der Waals surface area (Å²) < 4.78 is 0. The first kappa shape index (κ1) is 23.4. The molecular formula is C34H42. The van der Waals surface area contributed by atoms with Crippen molar-refractivity contribution in [1.82, 2.24) is 0 Å². The van der Waals surface area contributed by atoms with Crippen molar-refractivity contribution in [2.45, 2.75) is 102 Å². The average molecular weight is 451 g/mol. The Bertz CT molecular complexity index is 1180. The molecule has 0 N–H and O–H groups in total. The van der Waals surface area contributed by atoms with Crippen molar-refractivity contribution in [3.05, 3.63) is 72.3 Å². The first-order valence-corrected chi connectivity index (χ1v) is 14.2. The van der Waals surface area contributed by atoms with Gasteiger partial charge >= 0.3 is 0 Å². The highest BCUT2D eigenvalue weighted by atomic mass is 14.2. The van der Waals surface area contributed by atoms with Crippen molar-refractivity contribution >= 4 is 32.3 Å². The molecule has 1 aliphatic rings. The fourth-order valence-corrected chi connectivity index (χ4v) is 6.35. The Hall–Kier alpha value is -2.34. The lowest BCUT2D eigenvalue weighted by Crippen LogP contribution is -2.02. The number of benzene rings is 4. The van der Waals surface area contributed by atoms with Crippen LogP contribution in [0.4, 0.5) is 0 Å². The Morgan fingerprint density at radius 3 is 1.53 bits per heavy atom. The summed E-state index contributed by atoms with van der Waals surface area (Å²) in [6.45, 7) is 0. The van der Waals surface area contributed by atoms with Gasteiger partial charge in [0, 0.05) is 0 Å². The fourth-order valence-electron chi connectivity index (χ4n) is 6.35. The summed E-state index contributed by atoms with van der Waals surface area (Å²) in [5, 5.41) is 8.45. The van der Waals surface area contributed by atoms with Crippen LogP contribution in [-0.4, -0.2) is 0 Å². The average Bonchev–Trinajstić information content (AvgIpc) is 2.87. The molecule has 0 aliphatic heterocycles. The zero-order chi connectivity index (χ0) is 23.0. The van der Waals surface area contributed by atoms with E-state index in [4.69, 9.17) is 0 Å². The molecule has 0 spiro atoms. The van der Waals surface area contributed by atoms with Crippen molar-refractivity contribution in [3.8, 4) is 0 Å². The van der Waals surface area contributed by atoms with Gasteiger partial charge in [0.05, 0.1) is 0 Å². The molecule has 0 bridgehead atoms. The lowest BCUT2D eigenvalue weighted by molar-refractivity contribution is 0.474. The van der Waals surface area contributed by atoms with Crippen LogP contribution in [-0.2, 0) is 0 Å². The van der Waals surface area contributed by atoms with Gasteiger partial charge in [-0.15, -0.1) is 0 Å². The smallest absolute Gasteiger partial charge is 0.00703 e. The minimum absolute atomic E-state index is 0.689. The zero-order valence-corrected chi connectivity index (χ0v) is 21.0. The third-order valence-electron chi connectivity index (χ3n) is 8.30. The van der Waals surface area contributed by atoms with E-state index in [1.807, 2.05) is 0 Å². The fraction of sp³-hybridized carbons (Fsp3) is 0.471. The second kappa shape index (κ2) is 11.9. The van der Waals surface area contributed by atoms with Crippen molar-refractivity contribution in [2.24, 2.45) is 0 Å². The minimum Gasteiger partial charge on any atom is -0.0616 e. The van der Waals surface area contributed by atoms with Crippen molar-refractivity contribution in [2.75, 3.05) is 0 Å². The maximum atomic E-state index is 2.46. The summed E-state index contributed by atoms with van der Waals surface area (Å²) >= 11 is 0. The molecule has 0 radical (unpaired) electrons. The number of fused-ring (bicyclic) bond motifs is 4. The molecular weight excluding hydrogens is 408 g/mol. The van der Waals surface area contributed by atoms with Gasteiger partial charge in [0.1, 0.15) is 0 Å². The lowest BCUT2D eigenvalue weighted by atomic mass is 9.83. The standard InChI is InChI=1S/C34H42/c1-2-4-6-8-10-12-17-27(18-13-11-9-7-5-3-1)32-22-16-21-28-23-24-31-25-29-19-14-15-20-30(29)26-33(31)34(28)32/h14-16,19-27H,1-13,17-18H2. The van der Waals surface area contributed by atoms with Gasteiger partial charge in [-0.25, -0.2) is 0 Å². The van der Waals surface area contributed by atoms with E-state index in [0.29, 0.717) is 5.92 Å². The molecule has 178 valence electrons. The van der Waals surface area contributed by atoms with E-state index >= 15 is 0 Å². The molecule has 4 aromatic rings. The van der Waals surface area contributed by atoms with Gasteiger partial charge in [0.2, 0.25) is 0 Å². The Kier molecular flexibility index (Phi) is 8.17. The summed E-state index contributed by atoms with van der Waals surface area (Å²) in [7, 11) is 0. The van der Waals surface area contributed by atoms with Gasteiger partial charge in [-0.3, -0.25) is 0 Å². The molecule has 0 saturated heterocycles. The minimum atomic E-state index is 0.689. The molecule has 34 heavy (non-hydrogen) atoms. The predicted octanol–water partition coefficient (Wildman–Crippen LogP) is 11.1. The molecule has 0 nitrogen and oxygen atoms in total. The van der Waals surface area contributed by atoms with Gasteiger partial charge in [-0.1, -0.05) is 138 Å². The zero-order valence-electron chi connectivity index (χ0n) is 21.0. The van der Waals surface area contributed by atoms with E-state index in [9.17, 15) is 0 Å². The monoisotopic (exact) mass is 450 g/mol. The highest BCUT2D eigenvalue weighted by Crippen LogP contribution is 2.38. The molecule has 5 rings (SSSR count). The highest BCUT2D eigenvalue weighted by Gasteiger charge is 2.16. The van der Waals surface area contributed by atoms with E-state index in [1.165, 1.54) is 129 Å². The second-order valence-corrected chi connectivity index (χ2v) is 10.8. The Morgan fingerprint density at radius 2 is 0.912 bits per heavy atom. The van der Waals surface area contributed by atoms with Gasteiger partial charge < -0.3 is 0 Å². The second-order valence-electron chi connectivity index (χ2n) is 10.8. The molecule has 0 aromatic heterocycles. The van der Waals surface area contributed by atoms with Gasteiger partial charge in [0.15, 0.2) is 0 Å². The maximum Gasteiger partial charge on any atom is -0.00703 e. The maximum absolute atomic E-state index is 2.46. The quantitative estimate of drug-likeness (QED) is 0.200. The highest BCUT2D eigenvalue weighted by molar-refractivity contribution is 6.13. The van der Waals surface area contributed by atoms with Crippen LogP contribution < -0.4 is 0 Å². The number of rotatable bonds is 1. The van der Waals surface area contributed by atoms with Crippen molar-refractivity contribution in [3.63, 3.8) is 0 Å². The van der Waals surface area contributed by atoms with E-state index in [2.05, 4.69) is 66.7 Å². The van der Waals surface area contributed by atoms with Gasteiger partial charge in [-0.05, 0) is 68.8 Å². The summed E-state index contributed by atoms with van der Waals surface area (Å²) in [6.07, 6.45) is 21.3. The molecule has 4 aromatic carbocycles. The van der Waals surface area contributed by atoms with Crippen molar-refractivity contribution in [1.29, 1.82) is 0 Å². The summed E-state index contributed by atoms with van der Waals surface area (Å²) in [5.41, 5.74) is 1.61. The molecule has 1 saturated carbocycles. The Morgan fingerprint density at radius 1 is 0.412 bits per heavy atom. The topological polar surface area (TPSA) is 0 Å². The molecule has 0 amide bonds. The van der Waals surface area contributed by atoms with Crippen LogP contribution in [0.15, 0.2) is 66.7 Å². The van der Waals surface area contributed by atoms with Crippen LogP contribution in [0, 0.1) is 0 Å². The lowest BCUT2D eigenvalue weighted by Gasteiger charge is -2.21. The number of hydrogen-bond acceptors (Lipinski definition) is 0. The van der Waals surface area contributed by atoms with E-state index in [0.717, 1.165) is 0 Å². The molecule has 0 heterocycles. The summed E-state index contributed by atoms with van der Waals surface area (Å²) in [5.74, 6) is 0.689. The van der Waals surface area contributed by atoms with Crippen LogP contribution in [0.3, 0.4) is 0 Å².